The van der Waals surface area contributed by atoms with Crippen LogP contribution in [0.5, 0.6) is 0 Å². The van der Waals surface area contributed by atoms with Crippen LogP contribution in [0.1, 0.15) is 17.4 Å². The summed E-state index contributed by atoms with van der Waals surface area (Å²) in [5.74, 6) is -0.459. The van der Waals surface area contributed by atoms with Gasteiger partial charge >= 0.3 is 5.97 Å². The number of hydrogen-bond acceptors (Lipinski definition) is 4. The highest BCUT2D eigenvalue weighted by atomic mass is 79.9. The van der Waals surface area contributed by atoms with Crippen molar-refractivity contribution in [3.63, 3.8) is 0 Å². The van der Waals surface area contributed by atoms with Crippen LogP contribution in [0.4, 0.5) is 0 Å². The summed E-state index contributed by atoms with van der Waals surface area (Å²) in [6.07, 6.45) is 1.73. The van der Waals surface area contributed by atoms with Crippen LogP contribution in [0, 0.1) is 0 Å². The zero-order chi connectivity index (χ0) is 22.1. The molecule has 5 heteroatoms. The molecule has 0 spiro atoms. The first-order valence-corrected chi connectivity index (χ1v) is 11.2. The number of nitrogens with zero attached hydrogens (tertiary/aromatic N) is 2. The molecular formula is C27H19BrN2O2. The van der Waals surface area contributed by atoms with Crippen LogP contribution >= 0.6 is 15.9 Å². The lowest BCUT2D eigenvalue weighted by Crippen LogP contribution is -2.09. The topological polar surface area (TPSA) is 52.1 Å². The smallest absolute Gasteiger partial charge is 0.357 e. The molecule has 0 atom stereocenters. The van der Waals surface area contributed by atoms with Crippen molar-refractivity contribution in [2.45, 2.75) is 6.92 Å². The normalized spacial score (nSPS) is 11.1. The Kier molecular flexibility index (Phi) is 5.41. The predicted octanol–water partition coefficient (Wildman–Crippen LogP) is 7.06. The Morgan fingerprint density at radius 3 is 2.25 bits per heavy atom. The zero-order valence-corrected chi connectivity index (χ0v) is 19.0. The van der Waals surface area contributed by atoms with Gasteiger partial charge in [0.15, 0.2) is 5.69 Å². The third-order valence-corrected chi connectivity index (χ3v) is 6.03. The number of fused-ring (bicyclic) bond motifs is 3. The molecule has 0 aliphatic heterocycles. The van der Waals surface area contributed by atoms with E-state index in [1.54, 1.807) is 13.1 Å². The fraction of sp³-hybridized carbons (Fsp3) is 0.0741. The molecule has 0 amide bonds. The summed E-state index contributed by atoms with van der Waals surface area (Å²) in [5, 5.41) is 2.51. The van der Waals surface area contributed by atoms with Crippen molar-refractivity contribution in [3.8, 4) is 22.3 Å². The van der Waals surface area contributed by atoms with Crippen molar-refractivity contribution in [2.24, 2.45) is 0 Å². The van der Waals surface area contributed by atoms with Crippen molar-refractivity contribution in [1.82, 2.24) is 9.97 Å². The lowest BCUT2D eigenvalue weighted by molar-refractivity contribution is 0.0522. The van der Waals surface area contributed by atoms with E-state index in [1.165, 1.54) is 0 Å². The number of carbonyl (C=O) groups excluding carboxylic acids is 1. The summed E-state index contributed by atoms with van der Waals surface area (Å²) in [6.45, 7) is 2.06. The van der Waals surface area contributed by atoms with Crippen LogP contribution in [0.15, 0.2) is 89.7 Å². The summed E-state index contributed by atoms with van der Waals surface area (Å²) in [5.41, 5.74) is 5.20. The summed E-state index contributed by atoms with van der Waals surface area (Å²) in [4.78, 5) is 22.1. The van der Waals surface area contributed by atoms with Crippen molar-refractivity contribution in [3.05, 3.63) is 95.4 Å². The average molecular weight is 483 g/mol. The van der Waals surface area contributed by atoms with Crippen molar-refractivity contribution in [2.75, 3.05) is 6.61 Å². The molecule has 0 fully saturated rings. The summed E-state index contributed by atoms with van der Waals surface area (Å²) in [7, 11) is 0. The largest absolute Gasteiger partial charge is 0.461 e. The second-order valence-electron chi connectivity index (χ2n) is 7.36. The van der Waals surface area contributed by atoms with Gasteiger partial charge in [-0.2, -0.15) is 0 Å². The summed E-state index contributed by atoms with van der Waals surface area (Å²) >= 11 is 3.52. The van der Waals surface area contributed by atoms with Crippen molar-refractivity contribution in [1.29, 1.82) is 0 Å². The van der Waals surface area contributed by atoms with E-state index < -0.39 is 5.97 Å². The highest BCUT2D eigenvalue weighted by Gasteiger charge is 2.21. The molecule has 156 valence electrons. The maximum atomic E-state index is 12.9. The van der Waals surface area contributed by atoms with Gasteiger partial charge in [-0.15, -0.1) is 0 Å². The van der Waals surface area contributed by atoms with Gasteiger partial charge in [0.05, 0.1) is 12.1 Å². The quantitative estimate of drug-likeness (QED) is 0.156. The van der Waals surface area contributed by atoms with Crippen molar-refractivity contribution >= 4 is 43.6 Å². The van der Waals surface area contributed by atoms with Crippen LogP contribution in [0.3, 0.4) is 0 Å². The SMILES string of the molecule is CCOC(=O)c1nc2c(-c3ccccc3)cc(-c3ccccc3)cc2c2ccnc(Br)c12. The number of carbonyl (C=O) groups is 1. The highest BCUT2D eigenvalue weighted by molar-refractivity contribution is 9.10. The lowest BCUT2D eigenvalue weighted by Gasteiger charge is -2.15. The minimum Gasteiger partial charge on any atom is -0.461 e. The molecule has 4 nitrogen and oxygen atoms in total. The van der Waals surface area contributed by atoms with Crippen LogP contribution in [-0.4, -0.2) is 22.5 Å². The number of pyridine rings is 2. The fourth-order valence-corrected chi connectivity index (χ4v) is 4.52. The Morgan fingerprint density at radius 1 is 0.875 bits per heavy atom. The molecular weight excluding hydrogens is 464 g/mol. The third-order valence-electron chi connectivity index (χ3n) is 5.43. The van der Waals surface area contributed by atoms with Gasteiger partial charge in [-0.3, -0.25) is 0 Å². The number of ether oxygens (including phenoxy) is 1. The first kappa shape index (κ1) is 20.3. The third kappa shape index (κ3) is 3.55. The number of halogens is 1. The van der Waals surface area contributed by atoms with E-state index in [1.807, 2.05) is 42.5 Å². The van der Waals surface area contributed by atoms with E-state index in [-0.39, 0.29) is 12.3 Å². The molecule has 0 aliphatic rings. The maximum absolute atomic E-state index is 12.9. The number of hydrogen-bond donors (Lipinski definition) is 0. The molecule has 0 bridgehead atoms. The van der Waals surface area contributed by atoms with E-state index >= 15 is 0 Å². The monoisotopic (exact) mass is 482 g/mol. The van der Waals surface area contributed by atoms with Crippen LogP contribution in [0.25, 0.3) is 43.9 Å². The van der Waals surface area contributed by atoms with Gasteiger partial charge in [0, 0.05) is 22.5 Å². The molecule has 0 saturated carbocycles. The van der Waals surface area contributed by atoms with Gasteiger partial charge in [0.25, 0.3) is 0 Å². The van der Waals surface area contributed by atoms with E-state index in [0.29, 0.717) is 9.99 Å². The van der Waals surface area contributed by atoms with Gasteiger partial charge < -0.3 is 4.74 Å². The van der Waals surface area contributed by atoms with E-state index in [9.17, 15) is 4.79 Å². The molecule has 0 saturated heterocycles. The Hall–Kier alpha value is -3.57. The van der Waals surface area contributed by atoms with Gasteiger partial charge in [0.2, 0.25) is 0 Å². The second-order valence-corrected chi connectivity index (χ2v) is 8.11. The molecule has 32 heavy (non-hydrogen) atoms. The van der Waals surface area contributed by atoms with Gasteiger partial charge in [-0.1, -0.05) is 60.7 Å². The molecule has 0 unspecified atom stereocenters. The first-order chi connectivity index (χ1) is 15.7. The Labute approximate surface area is 194 Å². The van der Waals surface area contributed by atoms with Gasteiger partial charge in [-0.25, -0.2) is 14.8 Å². The number of benzene rings is 3. The number of aromatic nitrogens is 2. The summed E-state index contributed by atoms with van der Waals surface area (Å²) in [6, 6.07) is 26.6. The minimum atomic E-state index is -0.459. The average Bonchev–Trinajstić information content (AvgIpc) is 2.84. The standard InChI is InChI=1S/C27H19BrN2O2/c1-2-32-27(31)25-23-20(13-14-29-26(23)28)22-16-19(17-9-5-3-6-10-17)15-21(24(22)30-25)18-11-7-4-8-12-18/h3-16H,2H2,1H3. The molecule has 2 aromatic heterocycles. The zero-order valence-electron chi connectivity index (χ0n) is 17.4. The van der Waals surface area contributed by atoms with Gasteiger partial charge in [0.1, 0.15) is 4.60 Å². The maximum Gasteiger partial charge on any atom is 0.357 e. The number of esters is 1. The van der Waals surface area contributed by atoms with Gasteiger partial charge in [-0.05, 0) is 63.1 Å². The molecule has 2 heterocycles. The van der Waals surface area contributed by atoms with Crippen LogP contribution in [-0.2, 0) is 4.74 Å². The molecule has 3 aromatic carbocycles. The van der Waals surface area contributed by atoms with E-state index in [0.717, 1.165) is 38.5 Å². The second kappa shape index (κ2) is 8.52. The molecule has 5 rings (SSSR count). The Morgan fingerprint density at radius 2 is 1.56 bits per heavy atom. The Bertz CT molecular complexity index is 1450. The Balaban J connectivity index is 1.94. The van der Waals surface area contributed by atoms with E-state index in [4.69, 9.17) is 9.72 Å². The van der Waals surface area contributed by atoms with E-state index in [2.05, 4.69) is 57.3 Å². The minimum absolute atomic E-state index is 0.263. The van der Waals surface area contributed by atoms with Crippen LogP contribution < -0.4 is 0 Å². The first-order valence-electron chi connectivity index (χ1n) is 10.4. The van der Waals surface area contributed by atoms with Crippen LogP contribution in [0.2, 0.25) is 0 Å². The molecule has 0 aliphatic carbocycles. The highest BCUT2D eigenvalue weighted by Crippen LogP contribution is 2.38. The molecule has 0 N–H and O–H groups in total. The predicted molar refractivity (Wildman–Crippen MR) is 132 cm³/mol. The molecule has 5 aromatic rings. The molecule has 0 radical (unpaired) electrons. The fourth-order valence-electron chi connectivity index (χ4n) is 4.00. The number of rotatable bonds is 4. The van der Waals surface area contributed by atoms with Crippen molar-refractivity contribution < 1.29 is 9.53 Å². The lowest BCUT2D eigenvalue weighted by atomic mass is 9.93. The summed E-state index contributed by atoms with van der Waals surface area (Å²) < 4.78 is 5.90.